The van der Waals surface area contributed by atoms with Gasteiger partial charge in [0.2, 0.25) is 0 Å². The molecule has 0 aliphatic carbocycles. The van der Waals surface area contributed by atoms with E-state index in [1.807, 2.05) is 67.9 Å². The smallest absolute Gasteiger partial charge is 0.298 e. The first-order valence-corrected chi connectivity index (χ1v) is 9.72. The van der Waals surface area contributed by atoms with E-state index in [1.54, 1.807) is 18.2 Å². The van der Waals surface area contributed by atoms with Gasteiger partial charge >= 0.3 is 0 Å². The first-order valence-electron chi connectivity index (χ1n) is 8.90. The predicted molar refractivity (Wildman–Crippen MR) is 113 cm³/mol. The maximum absolute atomic E-state index is 12.8. The Balaban J connectivity index is 1.70. The quantitative estimate of drug-likeness (QED) is 0.589. The van der Waals surface area contributed by atoms with E-state index in [0.29, 0.717) is 10.6 Å². The fourth-order valence-corrected chi connectivity index (χ4v) is 4.12. The number of rotatable bonds is 3. The Bertz CT molecular complexity index is 1100. The molecule has 2 aromatic heterocycles. The normalized spacial score (nSPS) is 15.7. The highest BCUT2D eigenvalue weighted by Gasteiger charge is 2.36. The third kappa shape index (κ3) is 3.16. The third-order valence-electron chi connectivity index (χ3n) is 4.69. The lowest BCUT2D eigenvalue weighted by molar-refractivity contribution is -0.113. The average Bonchev–Trinajstić information content (AvgIpc) is 3.12. The van der Waals surface area contributed by atoms with Crippen LogP contribution < -0.4 is 4.90 Å². The molecule has 1 saturated heterocycles. The minimum Gasteiger partial charge on any atom is -0.303 e. The number of benzene rings is 1. The first kappa shape index (κ1) is 18.3. The summed E-state index contributed by atoms with van der Waals surface area (Å²) >= 11 is 0.967. The Hall–Kier alpha value is -3.12. The highest BCUT2D eigenvalue weighted by Crippen LogP contribution is 2.36. The Labute approximate surface area is 167 Å². The van der Waals surface area contributed by atoms with Crippen molar-refractivity contribution in [2.75, 3.05) is 4.90 Å². The van der Waals surface area contributed by atoms with Crippen molar-refractivity contribution in [2.24, 2.45) is 0 Å². The van der Waals surface area contributed by atoms with Crippen LogP contribution in [-0.4, -0.2) is 20.7 Å². The molecule has 1 aliphatic rings. The second-order valence-corrected chi connectivity index (χ2v) is 7.70. The summed E-state index contributed by atoms with van der Waals surface area (Å²) < 4.78 is 2.05. The molecule has 5 nitrogen and oxygen atoms in total. The number of amides is 2. The summed E-state index contributed by atoms with van der Waals surface area (Å²) in [5, 5.41) is -0.281. The number of aromatic nitrogens is 2. The largest absolute Gasteiger partial charge is 0.303 e. The van der Waals surface area contributed by atoms with E-state index in [4.69, 9.17) is 0 Å². The maximum Gasteiger partial charge on any atom is 0.298 e. The minimum absolute atomic E-state index is 0.281. The van der Waals surface area contributed by atoms with E-state index in [-0.39, 0.29) is 11.1 Å². The van der Waals surface area contributed by atoms with Crippen molar-refractivity contribution >= 4 is 34.7 Å². The minimum atomic E-state index is -0.292. The molecule has 0 spiro atoms. The van der Waals surface area contributed by atoms with Crippen molar-refractivity contribution in [3.05, 3.63) is 82.1 Å². The molecule has 6 heteroatoms. The van der Waals surface area contributed by atoms with Crippen molar-refractivity contribution in [1.29, 1.82) is 0 Å². The molecule has 4 rings (SSSR count). The van der Waals surface area contributed by atoms with E-state index in [0.717, 1.165) is 40.1 Å². The van der Waals surface area contributed by atoms with Crippen molar-refractivity contribution in [2.45, 2.75) is 20.8 Å². The number of imide groups is 1. The van der Waals surface area contributed by atoms with Gasteiger partial charge in [-0.05, 0) is 74.0 Å². The van der Waals surface area contributed by atoms with Gasteiger partial charge in [-0.1, -0.05) is 24.3 Å². The second-order valence-electron chi connectivity index (χ2n) is 6.71. The Morgan fingerprint density at radius 3 is 2.43 bits per heavy atom. The number of hydrogen-bond acceptors (Lipinski definition) is 4. The summed E-state index contributed by atoms with van der Waals surface area (Å²) in [7, 11) is 0. The SMILES string of the molecule is Cc1ccc(-n2c(C)cc(/C=C3/SC(=O)N(c4ccccc4)C3=O)c2C)nc1. The zero-order valence-electron chi connectivity index (χ0n) is 15.8. The number of carbonyl (C=O) groups is 2. The molecule has 0 bridgehead atoms. The van der Waals surface area contributed by atoms with Crippen molar-refractivity contribution < 1.29 is 9.59 Å². The van der Waals surface area contributed by atoms with E-state index in [1.165, 1.54) is 4.90 Å². The molecule has 0 atom stereocenters. The maximum atomic E-state index is 12.8. The van der Waals surface area contributed by atoms with E-state index >= 15 is 0 Å². The van der Waals surface area contributed by atoms with E-state index in [9.17, 15) is 9.59 Å². The standard InChI is InChI=1S/C22H19N3O2S/c1-14-9-10-20(23-13-14)24-15(2)11-17(16(24)3)12-19-21(26)25(22(27)28-19)18-7-5-4-6-8-18/h4-13H,1-3H3/b19-12+. The summed E-state index contributed by atoms with van der Waals surface area (Å²) in [6.07, 6.45) is 3.62. The van der Waals surface area contributed by atoms with Gasteiger partial charge in [-0.3, -0.25) is 9.59 Å². The van der Waals surface area contributed by atoms with E-state index < -0.39 is 0 Å². The van der Waals surface area contributed by atoms with Gasteiger partial charge in [0.05, 0.1) is 10.6 Å². The number of anilines is 1. The van der Waals surface area contributed by atoms with Gasteiger partial charge in [-0.15, -0.1) is 0 Å². The zero-order chi connectivity index (χ0) is 19.8. The number of carbonyl (C=O) groups excluding carboxylic acids is 2. The predicted octanol–water partition coefficient (Wildman–Crippen LogP) is 5.04. The van der Waals surface area contributed by atoms with Crippen LogP contribution in [0.1, 0.15) is 22.5 Å². The lowest BCUT2D eigenvalue weighted by Crippen LogP contribution is -2.27. The van der Waals surface area contributed by atoms with Gasteiger partial charge < -0.3 is 4.57 Å². The number of thioether (sulfide) groups is 1. The summed E-state index contributed by atoms with van der Waals surface area (Å²) in [4.78, 5) is 31.4. The zero-order valence-corrected chi connectivity index (χ0v) is 16.7. The van der Waals surface area contributed by atoms with Gasteiger partial charge in [-0.2, -0.15) is 0 Å². The van der Waals surface area contributed by atoms with Crippen LogP contribution in [0.3, 0.4) is 0 Å². The molecule has 0 radical (unpaired) electrons. The number of aryl methyl sites for hydroxylation is 2. The van der Waals surface area contributed by atoms with Crippen LogP contribution in [-0.2, 0) is 4.79 Å². The molecule has 2 amide bonds. The molecule has 140 valence electrons. The van der Waals surface area contributed by atoms with Crippen molar-refractivity contribution in [3.63, 3.8) is 0 Å². The van der Waals surface area contributed by atoms with Crippen LogP contribution in [0.15, 0.2) is 59.6 Å². The van der Waals surface area contributed by atoms with Crippen LogP contribution >= 0.6 is 11.8 Å². The topological polar surface area (TPSA) is 55.2 Å². The summed E-state index contributed by atoms with van der Waals surface area (Å²) in [6, 6.07) is 15.0. The number of hydrogen-bond donors (Lipinski definition) is 0. The number of nitrogens with zero attached hydrogens (tertiary/aromatic N) is 3. The monoisotopic (exact) mass is 389 g/mol. The summed E-state index contributed by atoms with van der Waals surface area (Å²) in [6.45, 7) is 5.99. The van der Waals surface area contributed by atoms with Gasteiger partial charge in [0, 0.05) is 17.6 Å². The molecule has 3 aromatic rings. The molecule has 3 heterocycles. The molecular weight excluding hydrogens is 370 g/mol. The fraction of sp³-hybridized carbons (Fsp3) is 0.136. The molecule has 1 aromatic carbocycles. The Morgan fingerprint density at radius 2 is 1.75 bits per heavy atom. The first-order chi connectivity index (χ1) is 13.5. The molecule has 1 fully saturated rings. The third-order valence-corrected chi connectivity index (χ3v) is 5.56. The molecule has 1 aliphatic heterocycles. The van der Waals surface area contributed by atoms with Crippen molar-refractivity contribution in [3.8, 4) is 5.82 Å². The lowest BCUT2D eigenvalue weighted by Gasteiger charge is -2.11. The lowest BCUT2D eigenvalue weighted by atomic mass is 10.2. The van der Waals surface area contributed by atoms with Crippen LogP contribution in [0.4, 0.5) is 10.5 Å². The van der Waals surface area contributed by atoms with E-state index in [2.05, 4.69) is 4.98 Å². The van der Waals surface area contributed by atoms with Crippen LogP contribution in [0, 0.1) is 20.8 Å². The fourth-order valence-electron chi connectivity index (χ4n) is 3.29. The van der Waals surface area contributed by atoms with Crippen LogP contribution in [0.25, 0.3) is 11.9 Å². The average molecular weight is 389 g/mol. The molecule has 0 unspecified atom stereocenters. The van der Waals surface area contributed by atoms with Gasteiger partial charge in [-0.25, -0.2) is 9.88 Å². The van der Waals surface area contributed by atoms with Gasteiger partial charge in [0.25, 0.3) is 11.1 Å². The number of para-hydroxylation sites is 1. The Kier molecular flexibility index (Phi) is 4.65. The molecular formula is C22H19N3O2S. The van der Waals surface area contributed by atoms with Crippen molar-refractivity contribution in [1.82, 2.24) is 9.55 Å². The summed E-state index contributed by atoms with van der Waals surface area (Å²) in [5.41, 5.74) is 4.57. The Morgan fingerprint density at radius 1 is 1.00 bits per heavy atom. The van der Waals surface area contributed by atoms with Crippen LogP contribution in [0.2, 0.25) is 0 Å². The van der Waals surface area contributed by atoms with Gasteiger partial charge in [0.1, 0.15) is 5.82 Å². The highest BCUT2D eigenvalue weighted by atomic mass is 32.2. The highest BCUT2D eigenvalue weighted by molar-refractivity contribution is 8.19. The van der Waals surface area contributed by atoms with Crippen LogP contribution in [0.5, 0.6) is 0 Å². The summed E-state index contributed by atoms with van der Waals surface area (Å²) in [5.74, 6) is 0.539. The second kappa shape index (κ2) is 7.13. The molecule has 0 N–H and O–H groups in total. The number of pyridine rings is 1. The molecule has 0 saturated carbocycles. The molecule has 28 heavy (non-hydrogen) atoms. The van der Waals surface area contributed by atoms with Gasteiger partial charge in [0.15, 0.2) is 0 Å².